The second-order valence-corrected chi connectivity index (χ2v) is 6.98. The van der Waals surface area contributed by atoms with Gasteiger partial charge in [-0.05, 0) is 19.4 Å². The molecule has 0 aliphatic carbocycles. The van der Waals surface area contributed by atoms with Gasteiger partial charge in [-0.2, -0.15) is 0 Å². The summed E-state index contributed by atoms with van der Waals surface area (Å²) in [6.07, 6.45) is 3.34. The number of unbranched alkanes of at least 4 members (excludes halogenated alkanes) is 1. The number of anilines is 1. The maximum atomic E-state index is 11.9. The number of nitrogens with zero attached hydrogens (tertiary/aromatic N) is 2. The first-order chi connectivity index (χ1) is 12.9. The van der Waals surface area contributed by atoms with Crippen LogP contribution in [0.15, 0.2) is 28.9 Å². The van der Waals surface area contributed by atoms with Crippen LogP contribution >= 0.6 is 11.8 Å². The minimum Gasteiger partial charge on any atom is -0.365 e. The molecule has 0 aromatic carbocycles. The summed E-state index contributed by atoms with van der Waals surface area (Å²) in [7, 11) is 0. The summed E-state index contributed by atoms with van der Waals surface area (Å²) in [5.74, 6) is -0.969. The molecule has 10 heteroatoms. The molecular weight excluding hydrogens is 368 g/mol. The van der Waals surface area contributed by atoms with Gasteiger partial charge < -0.3 is 21.7 Å². The molecule has 1 aliphatic rings. The molecule has 1 aliphatic heterocycles. The van der Waals surface area contributed by atoms with Crippen molar-refractivity contribution in [2.75, 3.05) is 18.4 Å². The first-order valence-electron chi connectivity index (χ1n) is 8.67. The van der Waals surface area contributed by atoms with Crippen LogP contribution in [0.1, 0.15) is 37.6 Å². The molecule has 27 heavy (non-hydrogen) atoms. The van der Waals surface area contributed by atoms with Gasteiger partial charge in [0.25, 0.3) is 11.8 Å². The Kier molecular flexibility index (Phi) is 7.05. The molecule has 0 fully saturated rings. The van der Waals surface area contributed by atoms with E-state index in [4.69, 9.17) is 11.5 Å². The molecule has 4 amide bonds. The fourth-order valence-corrected chi connectivity index (χ4v) is 3.94. The molecule has 2 rings (SSSR count). The lowest BCUT2D eigenvalue weighted by Gasteiger charge is -2.27. The number of urea groups is 1. The van der Waals surface area contributed by atoms with Crippen molar-refractivity contribution in [3.63, 3.8) is 0 Å². The zero-order valence-electron chi connectivity index (χ0n) is 15.3. The van der Waals surface area contributed by atoms with Crippen LogP contribution in [-0.4, -0.2) is 40.8 Å². The number of rotatable bonds is 8. The molecule has 2 heterocycles. The number of hydrogen-bond acceptors (Lipinski definition) is 6. The Morgan fingerprint density at radius 1 is 1.22 bits per heavy atom. The average molecular weight is 392 g/mol. The monoisotopic (exact) mass is 392 g/mol. The third-order valence-corrected chi connectivity index (χ3v) is 5.26. The first-order valence-corrected chi connectivity index (χ1v) is 9.54. The third-order valence-electron chi connectivity index (χ3n) is 3.88. The highest BCUT2D eigenvalue weighted by molar-refractivity contribution is 8.04. The Hall–Kier alpha value is -2.75. The van der Waals surface area contributed by atoms with Crippen LogP contribution in [0.3, 0.4) is 0 Å². The molecule has 146 valence electrons. The summed E-state index contributed by atoms with van der Waals surface area (Å²) < 4.78 is 0. The van der Waals surface area contributed by atoms with Gasteiger partial charge in [-0.25, -0.2) is 9.78 Å². The van der Waals surface area contributed by atoms with E-state index in [1.54, 1.807) is 23.2 Å². The maximum absolute atomic E-state index is 11.9. The number of nitrogens with two attached hydrogens (primary N) is 2. The van der Waals surface area contributed by atoms with Crippen molar-refractivity contribution >= 4 is 35.4 Å². The number of primary amides is 2. The van der Waals surface area contributed by atoms with Crippen LogP contribution in [0.25, 0.3) is 0 Å². The second kappa shape index (κ2) is 9.26. The topological polar surface area (TPSA) is 143 Å². The predicted octanol–water partition coefficient (Wildman–Crippen LogP) is 1.25. The van der Waals surface area contributed by atoms with Gasteiger partial charge >= 0.3 is 6.03 Å². The molecule has 0 saturated carbocycles. The van der Waals surface area contributed by atoms with Crippen molar-refractivity contribution in [3.8, 4) is 0 Å². The van der Waals surface area contributed by atoms with Gasteiger partial charge in [-0.1, -0.05) is 31.2 Å². The van der Waals surface area contributed by atoms with Crippen molar-refractivity contribution in [3.05, 3.63) is 34.5 Å². The number of carbonyl (C=O) groups excluding carboxylic acids is 3. The lowest BCUT2D eigenvalue weighted by Crippen LogP contribution is -2.32. The molecule has 9 nitrogen and oxygen atoms in total. The van der Waals surface area contributed by atoms with Gasteiger partial charge in [0.15, 0.2) is 0 Å². The van der Waals surface area contributed by atoms with E-state index in [1.807, 2.05) is 13.8 Å². The van der Waals surface area contributed by atoms with Crippen LogP contribution in [0.4, 0.5) is 10.6 Å². The van der Waals surface area contributed by atoms with E-state index in [2.05, 4.69) is 15.6 Å². The number of pyridine rings is 1. The largest absolute Gasteiger partial charge is 0.365 e. The van der Waals surface area contributed by atoms with Crippen LogP contribution in [0.2, 0.25) is 0 Å². The van der Waals surface area contributed by atoms with Crippen LogP contribution in [0, 0.1) is 0 Å². The lowest BCUT2D eigenvalue weighted by atomic mass is 10.2. The second-order valence-electron chi connectivity index (χ2n) is 5.88. The van der Waals surface area contributed by atoms with Crippen molar-refractivity contribution in [2.24, 2.45) is 11.5 Å². The number of amides is 4. The van der Waals surface area contributed by atoms with Gasteiger partial charge in [-0.15, -0.1) is 0 Å². The Morgan fingerprint density at radius 2 is 1.96 bits per heavy atom. The van der Waals surface area contributed by atoms with E-state index in [9.17, 15) is 14.4 Å². The molecule has 1 atom stereocenters. The summed E-state index contributed by atoms with van der Waals surface area (Å²) >= 11 is 1.19. The molecule has 6 N–H and O–H groups in total. The highest BCUT2D eigenvalue weighted by Gasteiger charge is 2.38. The smallest absolute Gasteiger partial charge is 0.320 e. The molecule has 0 bridgehead atoms. The minimum absolute atomic E-state index is 0.149. The van der Waals surface area contributed by atoms with Crippen molar-refractivity contribution < 1.29 is 14.4 Å². The molecule has 1 unspecified atom stereocenters. The predicted molar refractivity (Wildman–Crippen MR) is 104 cm³/mol. The number of carbonyl (C=O) groups is 3. The third kappa shape index (κ3) is 4.91. The van der Waals surface area contributed by atoms with Crippen molar-refractivity contribution in [2.45, 2.75) is 32.1 Å². The Morgan fingerprint density at radius 3 is 2.48 bits per heavy atom. The first kappa shape index (κ1) is 20.6. The van der Waals surface area contributed by atoms with Gasteiger partial charge in [0, 0.05) is 24.8 Å². The molecule has 1 aromatic rings. The van der Waals surface area contributed by atoms with E-state index < -0.39 is 11.8 Å². The standard InChI is InChI=1S/C17H24N6O3S/c1-3-5-8-23-12(14(18)24)13(15(19)25)27-16(23)10-6-7-11(21-9-10)22-17(26)20-4-2/h6-7,9,16H,3-5,8H2,1-2H3,(H2,18,24)(H2,19,25)(H2,20,21,22,26). The summed E-state index contributed by atoms with van der Waals surface area (Å²) in [5, 5.41) is 4.90. The Labute approximate surface area is 161 Å². The van der Waals surface area contributed by atoms with Crippen molar-refractivity contribution in [1.82, 2.24) is 15.2 Å². The quantitative estimate of drug-likeness (QED) is 0.524. The molecule has 0 radical (unpaired) electrons. The maximum Gasteiger partial charge on any atom is 0.320 e. The number of nitrogens with one attached hydrogen (secondary N) is 2. The molecule has 1 aromatic heterocycles. The van der Waals surface area contributed by atoms with Gasteiger partial charge in [0.1, 0.15) is 21.8 Å². The summed E-state index contributed by atoms with van der Waals surface area (Å²) in [6.45, 7) is 4.91. The molecular formula is C17H24N6O3S. The highest BCUT2D eigenvalue weighted by Crippen LogP contribution is 2.47. The van der Waals surface area contributed by atoms with E-state index in [-0.39, 0.29) is 22.0 Å². The lowest BCUT2D eigenvalue weighted by molar-refractivity contribution is -0.117. The van der Waals surface area contributed by atoms with Crippen LogP contribution < -0.4 is 22.1 Å². The summed E-state index contributed by atoms with van der Waals surface area (Å²) in [4.78, 5) is 41.5. The zero-order chi connectivity index (χ0) is 20.0. The van der Waals surface area contributed by atoms with E-state index in [0.29, 0.717) is 18.9 Å². The molecule has 0 saturated heterocycles. The van der Waals surface area contributed by atoms with E-state index in [0.717, 1.165) is 18.4 Å². The Balaban J connectivity index is 2.26. The van der Waals surface area contributed by atoms with E-state index in [1.165, 1.54) is 11.8 Å². The normalized spacial score (nSPS) is 16.4. The minimum atomic E-state index is -0.683. The molecule has 0 spiro atoms. The zero-order valence-corrected chi connectivity index (χ0v) is 16.1. The number of thioether (sulfide) groups is 1. The Bertz CT molecular complexity index is 750. The fourth-order valence-electron chi connectivity index (χ4n) is 2.66. The summed E-state index contributed by atoms with van der Waals surface area (Å²) in [5.41, 5.74) is 11.9. The summed E-state index contributed by atoms with van der Waals surface area (Å²) in [6, 6.07) is 3.11. The fraction of sp³-hybridized carbons (Fsp3) is 0.412. The highest BCUT2D eigenvalue weighted by atomic mass is 32.2. The van der Waals surface area contributed by atoms with Crippen LogP contribution in [0.5, 0.6) is 0 Å². The van der Waals surface area contributed by atoms with Crippen LogP contribution in [-0.2, 0) is 9.59 Å². The van der Waals surface area contributed by atoms with Crippen molar-refractivity contribution in [1.29, 1.82) is 0 Å². The number of aromatic nitrogens is 1. The van der Waals surface area contributed by atoms with Gasteiger partial charge in [0.05, 0.1) is 0 Å². The van der Waals surface area contributed by atoms with Gasteiger partial charge in [-0.3, -0.25) is 14.9 Å². The van der Waals surface area contributed by atoms with Gasteiger partial charge in [0.2, 0.25) is 0 Å². The number of hydrogen-bond donors (Lipinski definition) is 4. The average Bonchev–Trinajstić information content (AvgIpc) is 3.00. The van der Waals surface area contributed by atoms with E-state index >= 15 is 0 Å². The SMILES string of the molecule is CCCCN1C(C(N)=O)=C(C(N)=O)SC1c1ccc(NC(=O)NCC)nc1.